The molecule has 1 unspecified atom stereocenters. The van der Waals surface area contributed by atoms with E-state index in [-0.39, 0.29) is 22.8 Å². The van der Waals surface area contributed by atoms with Gasteiger partial charge in [-0.15, -0.1) is 0 Å². The number of fused-ring (bicyclic) bond motifs is 4. The zero-order chi connectivity index (χ0) is 20.8. The summed E-state index contributed by atoms with van der Waals surface area (Å²) in [5.74, 6) is 1.22. The van der Waals surface area contributed by atoms with Gasteiger partial charge < -0.3 is 14.7 Å². The minimum atomic E-state index is -2.87. The molecule has 2 bridgehead atoms. The van der Waals surface area contributed by atoms with E-state index >= 15 is 0 Å². The van der Waals surface area contributed by atoms with Gasteiger partial charge in [-0.05, 0) is 42.0 Å². The van der Waals surface area contributed by atoms with Crippen LogP contribution in [0.1, 0.15) is 33.6 Å². The molecule has 2 atom stereocenters. The van der Waals surface area contributed by atoms with Crippen molar-refractivity contribution in [3.63, 3.8) is 0 Å². The fourth-order valence-corrected chi connectivity index (χ4v) is 6.57. The first-order valence-electron chi connectivity index (χ1n) is 10.8. The molecule has 29 heavy (non-hydrogen) atoms. The molecule has 4 aliphatic rings. The van der Waals surface area contributed by atoms with Crippen molar-refractivity contribution in [3.8, 4) is 0 Å². The number of nitrogens with zero attached hydrogens (tertiary/aromatic N) is 3. The van der Waals surface area contributed by atoms with Crippen molar-refractivity contribution in [1.29, 1.82) is 0 Å². The third-order valence-corrected chi connectivity index (χ3v) is 8.58. The third kappa shape index (κ3) is 4.11. The van der Waals surface area contributed by atoms with E-state index in [0.29, 0.717) is 31.5 Å². The molecule has 4 saturated heterocycles. The number of carbonyl (C=O) groups excluding carboxylic acids is 1. The first-order chi connectivity index (χ1) is 13.7. The molecule has 1 aromatic rings. The zero-order valence-corrected chi connectivity index (χ0v) is 18.6. The van der Waals surface area contributed by atoms with E-state index in [2.05, 4.69) is 52.8 Å². The van der Waals surface area contributed by atoms with Gasteiger partial charge in [0.1, 0.15) is 0 Å². The molecule has 1 aromatic carbocycles. The number of amides is 1. The minimum absolute atomic E-state index is 0.158. The number of hydrogen-bond donors (Lipinski definition) is 0. The third-order valence-electron chi connectivity index (χ3n) is 6.97. The molecule has 0 aromatic heterocycles. The Hall–Kier alpha value is -1.76. The summed E-state index contributed by atoms with van der Waals surface area (Å²) in [7, 11) is -2.87. The van der Waals surface area contributed by atoms with Crippen molar-refractivity contribution in [2.75, 3.05) is 54.0 Å². The normalized spacial score (nSPS) is 28.3. The summed E-state index contributed by atoms with van der Waals surface area (Å²) in [4.78, 5) is 19.2. The van der Waals surface area contributed by atoms with Gasteiger partial charge in [0, 0.05) is 50.5 Å². The maximum absolute atomic E-state index is 12.4. The Balaban J connectivity index is 1.54. The van der Waals surface area contributed by atoms with Crippen LogP contribution in [0.25, 0.3) is 0 Å². The van der Waals surface area contributed by atoms with Gasteiger partial charge in [0.25, 0.3) is 0 Å². The van der Waals surface area contributed by atoms with Gasteiger partial charge in [-0.1, -0.05) is 20.8 Å². The first kappa shape index (κ1) is 20.5. The van der Waals surface area contributed by atoms with Crippen LogP contribution < -0.4 is 9.80 Å². The molecule has 6 nitrogen and oxygen atoms in total. The summed E-state index contributed by atoms with van der Waals surface area (Å²) in [6, 6.07) is 8.88. The predicted molar refractivity (Wildman–Crippen MR) is 117 cm³/mol. The Bertz CT molecular complexity index is 852. The number of rotatable bonds is 3. The van der Waals surface area contributed by atoms with Gasteiger partial charge in [0.15, 0.2) is 9.84 Å². The molecule has 0 N–H and O–H groups in total. The smallest absolute Gasteiger partial charge is 0.222 e. The van der Waals surface area contributed by atoms with Gasteiger partial charge in [0.05, 0.1) is 17.5 Å². The van der Waals surface area contributed by atoms with Crippen LogP contribution in [0.3, 0.4) is 0 Å². The van der Waals surface area contributed by atoms with E-state index in [1.54, 1.807) is 0 Å². The summed E-state index contributed by atoms with van der Waals surface area (Å²) in [6.45, 7) is 10.4. The number of hydrogen-bond acceptors (Lipinski definition) is 5. The SMILES string of the molecule is CCC(=O)N1CC2CN(c3ccc(N4CCS(=O)(=O)CC4)cc3)[C@H](C1)C(C)(C)C2. The van der Waals surface area contributed by atoms with E-state index in [9.17, 15) is 13.2 Å². The molecule has 7 heteroatoms. The molecule has 0 radical (unpaired) electrons. The molecule has 4 heterocycles. The van der Waals surface area contributed by atoms with Crippen LogP contribution in [-0.4, -0.2) is 69.5 Å². The summed E-state index contributed by atoms with van der Waals surface area (Å²) in [5, 5.41) is 0. The van der Waals surface area contributed by atoms with E-state index < -0.39 is 9.84 Å². The lowest BCUT2D eigenvalue weighted by Gasteiger charge is -2.48. The first-order valence-corrected chi connectivity index (χ1v) is 12.6. The monoisotopic (exact) mass is 419 g/mol. The van der Waals surface area contributed by atoms with Crippen molar-refractivity contribution >= 4 is 27.1 Å². The number of piperidine rings is 1. The lowest BCUT2D eigenvalue weighted by molar-refractivity contribution is -0.131. The van der Waals surface area contributed by atoms with Crippen molar-refractivity contribution < 1.29 is 13.2 Å². The van der Waals surface area contributed by atoms with Crippen molar-refractivity contribution in [2.45, 2.75) is 39.7 Å². The number of carbonyl (C=O) groups is 1. The molecular formula is C22H33N3O3S. The Morgan fingerprint density at radius 2 is 1.66 bits per heavy atom. The second kappa shape index (κ2) is 7.49. The van der Waals surface area contributed by atoms with Gasteiger partial charge in [-0.25, -0.2) is 8.42 Å². The van der Waals surface area contributed by atoms with Gasteiger partial charge in [-0.2, -0.15) is 0 Å². The zero-order valence-electron chi connectivity index (χ0n) is 17.8. The van der Waals surface area contributed by atoms with Crippen LogP contribution >= 0.6 is 0 Å². The number of benzene rings is 1. The average Bonchev–Trinajstić information content (AvgIpc) is 2.94. The molecule has 0 aliphatic carbocycles. The predicted octanol–water partition coefficient (Wildman–Crippen LogP) is 2.39. The van der Waals surface area contributed by atoms with E-state index in [1.165, 1.54) is 5.69 Å². The van der Waals surface area contributed by atoms with Gasteiger partial charge in [-0.3, -0.25) is 4.79 Å². The Morgan fingerprint density at radius 1 is 1.03 bits per heavy atom. The molecule has 1 amide bonds. The highest BCUT2D eigenvalue weighted by Gasteiger charge is 2.46. The van der Waals surface area contributed by atoms with Crippen LogP contribution in [0, 0.1) is 11.3 Å². The second-order valence-corrected chi connectivity index (χ2v) is 11.8. The summed E-state index contributed by atoms with van der Waals surface area (Å²) >= 11 is 0. The van der Waals surface area contributed by atoms with Crippen LogP contribution in [0.5, 0.6) is 0 Å². The van der Waals surface area contributed by atoms with Crippen LogP contribution in [-0.2, 0) is 14.6 Å². The molecule has 4 fully saturated rings. The van der Waals surface area contributed by atoms with Crippen LogP contribution in [0.15, 0.2) is 24.3 Å². The van der Waals surface area contributed by atoms with Crippen molar-refractivity contribution in [3.05, 3.63) is 24.3 Å². The van der Waals surface area contributed by atoms with Crippen molar-refractivity contribution in [2.24, 2.45) is 11.3 Å². The summed E-state index contributed by atoms with van der Waals surface area (Å²) in [6.07, 6.45) is 1.72. The average molecular weight is 420 g/mol. The topological polar surface area (TPSA) is 60.9 Å². The van der Waals surface area contributed by atoms with E-state index in [0.717, 1.165) is 31.7 Å². The van der Waals surface area contributed by atoms with E-state index in [4.69, 9.17) is 0 Å². The fourth-order valence-electron chi connectivity index (χ4n) is 5.37. The highest BCUT2D eigenvalue weighted by Crippen LogP contribution is 2.43. The molecule has 5 rings (SSSR count). The van der Waals surface area contributed by atoms with Gasteiger partial charge in [0.2, 0.25) is 5.91 Å². The maximum Gasteiger partial charge on any atom is 0.222 e. The number of anilines is 2. The molecule has 0 saturated carbocycles. The molecular weight excluding hydrogens is 386 g/mol. The lowest BCUT2D eigenvalue weighted by Crippen LogP contribution is -2.54. The number of sulfone groups is 1. The molecule has 160 valence electrons. The van der Waals surface area contributed by atoms with Crippen LogP contribution in [0.4, 0.5) is 11.4 Å². The Kier molecular flexibility index (Phi) is 5.30. The largest absolute Gasteiger partial charge is 0.369 e. The highest BCUT2D eigenvalue weighted by atomic mass is 32.2. The minimum Gasteiger partial charge on any atom is -0.369 e. The lowest BCUT2D eigenvalue weighted by atomic mass is 9.73. The maximum atomic E-state index is 12.4. The molecule has 0 spiro atoms. The summed E-state index contributed by atoms with van der Waals surface area (Å²) in [5.41, 5.74) is 2.45. The summed E-state index contributed by atoms with van der Waals surface area (Å²) < 4.78 is 23.4. The standard InChI is InChI=1S/C22H33N3O3S/c1-4-21(26)24-14-17-13-22(2,3)20(16-24)25(15-17)19-7-5-18(6-8-19)23-9-11-29(27,28)12-10-23/h5-8,17,20H,4,9-16H2,1-3H3/t17?,20-/m1/s1. The van der Waals surface area contributed by atoms with Crippen molar-refractivity contribution in [1.82, 2.24) is 4.90 Å². The molecule has 4 aliphatic heterocycles. The van der Waals surface area contributed by atoms with Gasteiger partial charge >= 0.3 is 0 Å². The Labute approximate surface area is 174 Å². The fraction of sp³-hybridized carbons (Fsp3) is 0.682. The highest BCUT2D eigenvalue weighted by molar-refractivity contribution is 7.91. The van der Waals surface area contributed by atoms with Crippen LogP contribution in [0.2, 0.25) is 0 Å². The second-order valence-electron chi connectivity index (χ2n) is 9.53. The Morgan fingerprint density at radius 3 is 2.28 bits per heavy atom. The van der Waals surface area contributed by atoms with E-state index in [1.807, 2.05) is 6.92 Å². The quantitative estimate of drug-likeness (QED) is 0.753.